The average molecular weight is 294 g/mol. The molecule has 0 aromatic heterocycles. The normalized spacial score (nSPS) is 13.6. The number of benzene rings is 1. The fourth-order valence-electron chi connectivity index (χ4n) is 1.59. The number of carboxylic acids is 1. The third-order valence-corrected chi connectivity index (χ3v) is 3.15. The first kappa shape index (κ1) is 17.0. The number of rotatable bonds is 6. The molecule has 0 aliphatic rings. The Kier molecular flexibility index (Phi) is 5.72. The summed E-state index contributed by atoms with van der Waals surface area (Å²) in [5, 5.41) is 23.1. The van der Waals surface area contributed by atoms with E-state index in [0.717, 1.165) is 12.5 Å². The van der Waals surface area contributed by atoms with E-state index in [1.165, 1.54) is 5.56 Å². The number of aliphatic hydroxyl groups is 1. The highest BCUT2D eigenvalue weighted by atomic mass is 16.4. The van der Waals surface area contributed by atoms with Crippen LogP contribution in [-0.2, 0) is 11.3 Å². The van der Waals surface area contributed by atoms with Crippen LogP contribution in [0.4, 0.5) is 4.79 Å². The lowest BCUT2D eigenvalue weighted by molar-refractivity contribution is -0.155. The van der Waals surface area contributed by atoms with Crippen LogP contribution in [0.3, 0.4) is 0 Å². The lowest BCUT2D eigenvalue weighted by atomic mass is 10.0. The Bertz CT molecular complexity index is 495. The van der Waals surface area contributed by atoms with Crippen molar-refractivity contribution in [3.05, 3.63) is 35.4 Å². The lowest BCUT2D eigenvalue weighted by Gasteiger charge is -2.18. The Morgan fingerprint density at radius 3 is 2.24 bits per heavy atom. The SMILES string of the molecule is CC(C)c1ccc(CNC(=O)NCC(C)(O)C(=O)O)cc1. The molecular formula is C15H22N2O4. The molecule has 0 saturated heterocycles. The minimum absolute atomic E-state index is 0.333. The number of amides is 2. The van der Waals surface area contributed by atoms with Crippen molar-refractivity contribution in [2.45, 2.75) is 38.8 Å². The summed E-state index contributed by atoms with van der Waals surface area (Å²) in [6, 6.07) is 7.36. The van der Waals surface area contributed by atoms with Gasteiger partial charge in [0, 0.05) is 6.54 Å². The van der Waals surface area contributed by atoms with Gasteiger partial charge in [0.25, 0.3) is 0 Å². The van der Waals surface area contributed by atoms with Gasteiger partial charge in [0.05, 0.1) is 6.54 Å². The van der Waals surface area contributed by atoms with Crippen LogP contribution in [0.1, 0.15) is 37.8 Å². The second-order valence-corrected chi connectivity index (χ2v) is 5.51. The number of carboxylic acid groups (broad SMARTS) is 1. The molecule has 0 saturated carbocycles. The number of carbonyl (C=O) groups is 2. The van der Waals surface area contributed by atoms with E-state index in [1.807, 2.05) is 24.3 Å². The van der Waals surface area contributed by atoms with Gasteiger partial charge in [0.15, 0.2) is 5.60 Å². The lowest BCUT2D eigenvalue weighted by Crippen LogP contribution is -2.48. The smallest absolute Gasteiger partial charge is 0.337 e. The largest absolute Gasteiger partial charge is 0.479 e. The Morgan fingerprint density at radius 1 is 1.19 bits per heavy atom. The van der Waals surface area contributed by atoms with Crippen LogP contribution in [0.25, 0.3) is 0 Å². The van der Waals surface area contributed by atoms with Crippen LogP contribution >= 0.6 is 0 Å². The number of hydrogen-bond donors (Lipinski definition) is 4. The summed E-state index contributed by atoms with van der Waals surface area (Å²) in [6.45, 7) is 5.31. The Balaban J connectivity index is 2.41. The van der Waals surface area contributed by atoms with Crippen molar-refractivity contribution in [1.82, 2.24) is 10.6 Å². The molecule has 0 spiro atoms. The van der Waals surface area contributed by atoms with Gasteiger partial charge >= 0.3 is 12.0 Å². The molecule has 0 aliphatic heterocycles. The van der Waals surface area contributed by atoms with Crippen LogP contribution in [0, 0.1) is 0 Å². The topological polar surface area (TPSA) is 98.7 Å². The molecule has 2 amide bonds. The third kappa shape index (κ3) is 5.43. The Morgan fingerprint density at radius 2 is 1.76 bits per heavy atom. The number of aliphatic carboxylic acids is 1. The molecule has 1 rings (SSSR count). The maximum Gasteiger partial charge on any atom is 0.337 e. The molecule has 0 aliphatic carbocycles. The van der Waals surface area contributed by atoms with E-state index >= 15 is 0 Å². The van der Waals surface area contributed by atoms with E-state index < -0.39 is 17.6 Å². The van der Waals surface area contributed by atoms with Crippen LogP contribution < -0.4 is 10.6 Å². The zero-order valence-electron chi connectivity index (χ0n) is 12.5. The van der Waals surface area contributed by atoms with Crippen molar-refractivity contribution >= 4 is 12.0 Å². The molecular weight excluding hydrogens is 272 g/mol. The maximum atomic E-state index is 11.5. The molecule has 0 fully saturated rings. The summed E-state index contributed by atoms with van der Waals surface area (Å²) in [5.41, 5.74) is 0.191. The summed E-state index contributed by atoms with van der Waals surface area (Å²) >= 11 is 0. The van der Waals surface area contributed by atoms with Gasteiger partial charge in [-0.2, -0.15) is 0 Å². The first-order chi connectivity index (χ1) is 9.72. The van der Waals surface area contributed by atoms with E-state index in [4.69, 9.17) is 5.11 Å². The molecule has 1 aromatic rings. The minimum atomic E-state index is -1.98. The van der Waals surface area contributed by atoms with Crippen LogP contribution in [0.2, 0.25) is 0 Å². The highest BCUT2D eigenvalue weighted by Gasteiger charge is 2.30. The molecule has 116 valence electrons. The van der Waals surface area contributed by atoms with Gasteiger partial charge in [-0.15, -0.1) is 0 Å². The molecule has 1 atom stereocenters. The molecule has 0 bridgehead atoms. The summed E-state index contributed by atoms with van der Waals surface area (Å²) < 4.78 is 0. The van der Waals surface area contributed by atoms with Crippen molar-refractivity contribution in [2.75, 3.05) is 6.54 Å². The van der Waals surface area contributed by atoms with Gasteiger partial charge in [-0.25, -0.2) is 9.59 Å². The zero-order valence-corrected chi connectivity index (χ0v) is 12.5. The Labute approximate surface area is 124 Å². The molecule has 0 radical (unpaired) electrons. The summed E-state index contributed by atoms with van der Waals surface area (Å²) in [7, 11) is 0. The standard InChI is InChI=1S/C15H22N2O4/c1-10(2)12-6-4-11(5-7-12)8-16-14(20)17-9-15(3,21)13(18)19/h4-7,10,21H,8-9H2,1-3H3,(H,18,19)(H2,16,17,20). The Hall–Kier alpha value is -2.08. The quantitative estimate of drug-likeness (QED) is 0.638. The van der Waals surface area contributed by atoms with E-state index in [9.17, 15) is 14.7 Å². The highest BCUT2D eigenvalue weighted by Crippen LogP contribution is 2.14. The van der Waals surface area contributed by atoms with Gasteiger partial charge in [0.1, 0.15) is 0 Å². The minimum Gasteiger partial charge on any atom is -0.479 e. The van der Waals surface area contributed by atoms with Gasteiger partial charge in [-0.05, 0) is 24.0 Å². The third-order valence-electron chi connectivity index (χ3n) is 3.15. The predicted molar refractivity (Wildman–Crippen MR) is 79.0 cm³/mol. The molecule has 0 heterocycles. The van der Waals surface area contributed by atoms with E-state index in [-0.39, 0.29) is 6.54 Å². The summed E-state index contributed by atoms with van der Waals surface area (Å²) in [5.74, 6) is -0.930. The zero-order chi connectivity index (χ0) is 16.0. The van der Waals surface area contributed by atoms with E-state index in [0.29, 0.717) is 12.5 Å². The number of urea groups is 1. The van der Waals surface area contributed by atoms with Gasteiger partial charge in [-0.1, -0.05) is 38.1 Å². The van der Waals surface area contributed by atoms with Gasteiger partial charge in [-0.3, -0.25) is 0 Å². The molecule has 21 heavy (non-hydrogen) atoms. The van der Waals surface area contributed by atoms with Crippen molar-refractivity contribution in [3.8, 4) is 0 Å². The molecule has 1 unspecified atom stereocenters. The predicted octanol–water partition coefficient (Wildman–Crippen LogP) is 1.44. The second-order valence-electron chi connectivity index (χ2n) is 5.51. The fourth-order valence-corrected chi connectivity index (χ4v) is 1.59. The monoisotopic (exact) mass is 294 g/mol. The van der Waals surface area contributed by atoms with Crippen LogP contribution in [0.15, 0.2) is 24.3 Å². The van der Waals surface area contributed by atoms with Crippen molar-refractivity contribution in [2.24, 2.45) is 0 Å². The van der Waals surface area contributed by atoms with Crippen molar-refractivity contribution in [1.29, 1.82) is 0 Å². The number of carbonyl (C=O) groups excluding carboxylic acids is 1. The second kappa shape index (κ2) is 7.08. The molecule has 6 nitrogen and oxygen atoms in total. The van der Waals surface area contributed by atoms with Gasteiger partial charge < -0.3 is 20.8 Å². The average Bonchev–Trinajstić information content (AvgIpc) is 2.43. The van der Waals surface area contributed by atoms with Crippen LogP contribution in [-0.4, -0.2) is 34.4 Å². The summed E-state index contributed by atoms with van der Waals surface area (Å²) in [6.07, 6.45) is 0. The fraction of sp³-hybridized carbons (Fsp3) is 0.467. The van der Waals surface area contributed by atoms with E-state index in [1.54, 1.807) is 0 Å². The molecule has 4 N–H and O–H groups in total. The molecule has 1 aromatic carbocycles. The number of nitrogens with one attached hydrogen (secondary N) is 2. The van der Waals surface area contributed by atoms with Crippen LogP contribution in [0.5, 0.6) is 0 Å². The first-order valence-corrected chi connectivity index (χ1v) is 6.78. The van der Waals surface area contributed by atoms with E-state index in [2.05, 4.69) is 24.5 Å². The van der Waals surface area contributed by atoms with Crippen molar-refractivity contribution in [3.63, 3.8) is 0 Å². The molecule has 6 heteroatoms. The van der Waals surface area contributed by atoms with Crippen molar-refractivity contribution < 1.29 is 19.8 Å². The first-order valence-electron chi connectivity index (χ1n) is 6.78. The summed E-state index contributed by atoms with van der Waals surface area (Å²) in [4.78, 5) is 22.2. The highest BCUT2D eigenvalue weighted by molar-refractivity contribution is 5.79. The maximum absolute atomic E-state index is 11.5. The van der Waals surface area contributed by atoms with Gasteiger partial charge in [0.2, 0.25) is 0 Å². The number of hydrogen-bond acceptors (Lipinski definition) is 3.